The van der Waals surface area contributed by atoms with Gasteiger partial charge in [-0.05, 0) is 250 Å². The molecule has 0 fully saturated rings. The molecule has 0 bridgehead atoms. The van der Waals surface area contributed by atoms with Gasteiger partial charge in [-0.2, -0.15) is 0 Å². The van der Waals surface area contributed by atoms with Crippen molar-refractivity contribution in [3.05, 3.63) is 182 Å². The number of hydrogen-bond acceptors (Lipinski definition) is 4. The Labute approximate surface area is 624 Å². The lowest BCUT2D eigenvalue weighted by molar-refractivity contribution is -0.875. The molecule has 6 rings (SSSR count). The number of nitrogens with one attached hydrogen (secondary N) is 8. The molecule has 0 radical (unpaired) electrons. The van der Waals surface area contributed by atoms with E-state index >= 15 is 0 Å². The SMILES string of the molecule is CCN(C)CC.CCN(C)CC.CCN(C)CC.CCN(C)CC.CC[NH+](C)C.CC[NH+](C)CC.CC[NH+](C)c1ccccc1.CC[NH+](CC)c1ccccc1.CC[NH+](CC)c1ccccc1.CC[NH+](CC)c1ccccc1.CC[NH+](CC)c1ccccc1.CC[NH+](CC)c1ccccc1. The van der Waals surface area contributed by atoms with Gasteiger partial charge in [-0.25, -0.2) is 0 Å². The normalized spacial score (nSPS) is 10.5. The summed E-state index contributed by atoms with van der Waals surface area (Å²) in [4.78, 5) is 21.3. The molecule has 0 aliphatic rings. The molecule has 0 aliphatic heterocycles. The van der Waals surface area contributed by atoms with Crippen LogP contribution in [-0.4, -0.2) is 220 Å². The summed E-state index contributed by atoms with van der Waals surface area (Å²) in [5.41, 5.74) is 8.37. The van der Waals surface area contributed by atoms with Crippen LogP contribution in [0.1, 0.15) is 152 Å². The summed E-state index contributed by atoms with van der Waals surface area (Å²) in [6.07, 6.45) is 0. The molecule has 6 aromatic rings. The number of quaternary nitrogens is 8. The summed E-state index contributed by atoms with van der Waals surface area (Å²) >= 11 is 0. The van der Waals surface area contributed by atoms with Crippen LogP contribution in [0.3, 0.4) is 0 Å². The maximum absolute atomic E-state index is 2.25. The molecule has 12 heteroatoms. The van der Waals surface area contributed by atoms with E-state index in [2.05, 4.69) is 404 Å². The van der Waals surface area contributed by atoms with Crippen molar-refractivity contribution in [1.82, 2.24) is 19.6 Å². The first-order valence-corrected chi connectivity index (χ1v) is 39.8. The topological polar surface area (TPSA) is 48.5 Å². The van der Waals surface area contributed by atoms with Crippen LogP contribution in [0.2, 0.25) is 0 Å². The molecule has 0 saturated carbocycles. The lowest BCUT2D eigenvalue weighted by Gasteiger charge is -2.13. The van der Waals surface area contributed by atoms with E-state index in [9.17, 15) is 0 Å². The Bertz CT molecular complexity index is 2030. The van der Waals surface area contributed by atoms with Crippen LogP contribution in [0.4, 0.5) is 34.1 Å². The van der Waals surface area contributed by atoms with E-state index in [1.807, 2.05) is 6.07 Å². The second-order valence-corrected chi connectivity index (χ2v) is 25.1. The van der Waals surface area contributed by atoms with E-state index in [1.54, 1.807) is 29.4 Å². The highest BCUT2D eigenvalue weighted by atomic mass is 15.1. The van der Waals surface area contributed by atoms with Gasteiger partial charge in [0, 0.05) is 0 Å². The first-order valence-electron chi connectivity index (χ1n) is 39.8. The number of hydrogen-bond donors (Lipinski definition) is 8. The Morgan fingerprint density at radius 2 is 0.330 bits per heavy atom. The van der Waals surface area contributed by atoms with E-state index in [-0.39, 0.29) is 0 Å². The second kappa shape index (κ2) is 79.5. The van der Waals surface area contributed by atoms with Crippen molar-refractivity contribution in [2.45, 2.75) is 152 Å². The van der Waals surface area contributed by atoms with Gasteiger partial charge < -0.3 is 58.8 Å². The third kappa shape index (κ3) is 63.7. The Morgan fingerprint density at radius 1 is 0.190 bits per heavy atom. The van der Waals surface area contributed by atoms with Gasteiger partial charge in [0.1, 0.15) is 34.1 Å². The smallest absolute Gasteiger partial charge is 0.131 e. The summed E-state index contributed by atoms with van der Waals surface area (Å²) in [5.74, 6) is 0. The molecule has 0 spiro atoms. The Balaban J connectivity index is -0.000000244. The zero-order valence-corrected chi connectivity index (χ0v) is 71.7. The average Bonchev–Trinajstić information content (AvgIpc) is 1.17. The predicted molar refractivity (Wildman–Crippen MR) is 451 cm³/mol. The molecule has 0 heterocycles. The Kier molecular flexibility index (Phi) is 84.2. The fraction of sp³-hybridized carbons (Fsp3) is 0.591. The maximum atomic E-state index is 2.25. The highest BCUT2D eigenvalue weighted by Crippen LogP contribution is 2.02. The fourth-order valence-electron chi connectivity index (χ4n) is 8.73. The van der Waals surface area contributed by atoms with E-state index in [0.29, 0.717) is 0 Å². The van der Waals surface area contributed by atoms with Crippen LogP contribution in [0, 0.1) is 0 Å². The van der Waals surface area contributed by atoms with Crippen molar-refractivity contribution in [1.29, 1.82) is 0 Å². The third-order valence-electron chi connectivity index (χ3n) is 18.2. The monoisotopic (exact) mass is 1400 g/mol. The van der Waals surface area contributed by atoms with Crippen LogP contribution in [0.15, 0.2) is 182 Å². The van der Waals surface area contributed by atoms with E-state index in [4.69, 9.17) is 0 Å². The molecule has 1 atom stereocenters. The summed E-state index contributed by atoms with van der Waals surface area (Å²) in [6, 6.07) is 63.6. The number of nitrogens with zero attached hydrogens (tertiary/aromatic N) is 4. The Morgan fingerprint density at radius 3 is 0.410 bits per heavy atom. The summed E-state index contributed by atoms with van der Waals surface area (Å²) in [5, 5.41) is 0. The zero-order chi connectivity index (χ0) is 77.2. The van der Waals surface area contributed by atoms with Crippen molar-refractivity contribution < 1.29 is 39.2 Å². The minimum absolute atomic E-state index is 1.14. The van der Waals surface area contributed by atoms with Gasteiger partial charge in [-0.15, -0.1) is 0 Å². The Hall–Kier alpha value is -5.16. The molecule has 0 aromatic heterocycles. The lowest BCUT2D eigenvalue weighted by Crippen LogP contribution is -3.08. The van der Waals surface area contributed by atoms with Crippen LogP contribution < -0.4 is 39.2 Å². The molecule has 576 valence electrons. The maximum Gasteiger partial charge on any atom is 0.131 e. The van der Waals surface area contributed by atoms with Crippen LogP contribution in [0.25, 0.3) is 0 Å². The predicted octanol–water partition coefficient (Wildman–Crippen LogP) is 9.59. The highest BCUT2D eigenvalue weighted by Gasteiger charge is 2.08. The molecule has 6 aromatic carbocycles. The number of benzene rings is 6. The van der Waals surface area contributed by atoms with Gasteiger partial charge in [0.25, 0.3) is 0 Å². The number of rotatable bonds is 28. The fourth-order valence-corrected chi connectivity index (χ4v) is 8.73. The number of para-hydroxylation sites is 6. The van der Waals surface area contributed by atoms with Gasteiger partial charge in [0.15, 0.2) is 0 Å². The van der Waals surface area contributed by atoms with Crippen molar-refractivity contribution in [3.63, 3.8) is 0 Å². The second-order valence-electron chi connectivity index (χ2n) is 25.1. The largest absolute Gasteiger partial charge is 0.340 e. The summed E-state index contributed by atoms with van der Waals surface area (Å²) in [7, 11) is 17.1. The molecule has 0 amide bonds. The molecular weight excluding hydrogens is 1230 g/mol. The average molecular weight is 1400 g/mol. The zero-order valence-electron chi connectivity index (χ0n) is 71.7. The standard InChI is InChI=1S/5C10H15N.C9H13N.5C5H13N.C4H11N/c5*1-3-11(4-2)10-8-6-5-7-9-10;1-3-10(2)9-7-5-4-6-8-9;5*1-4-6(3)5-2;1-4-5(2)3/h5*5-9H,3-4H2,1-2H3;4-8H,3H2,1-2H3;5*4-5H2,1-3H3;4H2,1-3H3/p+8. The van der Waals surface area contributed by atoms with Gasteiger partial charge in [0.2, 0.25) is 0 Å². The van der Waals surface area contributed by atoms with Crippen LogP contribution >= 0.6 is 0 Å². The van der Waals surface area contributed by atoms with Crippen molar-refractivity contribution >= 4 is 34.1 Å². The lowest BCUT2D eigenvalue weighted by atomic mass is 10.3. The van der Waals surface area contributed by atoms with Crippen molar-refractivity contribution in [2.75, 3.05) is 200 Å². The van der Waals surface area contributed by atoms with Gasteiger partial charge in [0.05, 0.1) is 120 Å². The molecule has 0 saturated heterocycles. The summed E-state index contributed by atoms with van der Waals surface area (Å²) in [6.45, 7) is 74.0. The first-order chi connectivity index (χ1) is 48.1. The van der Waals surface area contributed by atoms with E-state index in [0.717, 1.165) is 58.9 Å². The third-order valence-corrected chi connectivity index (χ3v) is 18.2. The molecule has 8 N–H and O–H groups in total. The quantitative estimate of drug-likeness (QED) is 0.0253. The first kappa shape index (κ1) is 106. The summed E-state index contributed by atoms with van der Waals surface area (Å²) < 4.78 is 0. The highest BCUT2D eigenvalue weighted by molar-refractivity contribution is 5.31. The van der Waals surface area contributed by atoms with Crippen molar-refractivity contribution in [2.24, 2.45) is 0 Å². The minimum atomic E-state index is 1.14. The van der Waals surface area contributed by atoms with Gasteiger partial charge in [-0.1, -0.05) is 165 Å². The molecule has 1 unspecified atom stereocenters. The minimum Gasteiger partial charge on any atom is -0.340 e. The molecular formula is C88H172N12+8. The van der Waals surface area contributed by atoms with Gasteiger partial charge >= 0.3 is 0 Å². The molecule has 12 nitrogen and oxygen atoms in total. The molecule has 0 aliphatic carbocycles. The van der Waals surface area contributed by atoms with E-state index < -0.39 is 0 Å². The van der Waals surface area contributed by atoms with Gasteiger partial charge in [-0.3, -0.25) is 0 Å². The molecule has 100 heavy (non-hydrogen) atoms. The van der Waals surface area contributed by atoms with E-state index in [1.165, 1.54) is 129 Å². The van der Waals surface area contributed by atoms with Crippen LogP contribution in [0.5, 0.6) is 0 Å². The van der Waals surface area contributed by atoms with Crippen molar-refractivity contribution in [3.8, 4) is 0 Å². The van der Waals surface area contributed by atoms with Crippen LogP contribution in [-0.2, 0) is 0 Å².